The number of amides is 3. The van der Waals surface area contributed by atoms with E-state index in [1.807, 2.05) is 53.4 Å². The van der Waals surface area contributed by atoms with E-state index in [1.165, 1.54) is 0 Å². The fourth-order valence-electron chi connectivity index (χ4n) is 4.82. The molecule has 37 heavy (non-hydrogen) atoms. The molecule has 1 aromatic heterocycles. The number of hydrogen-bond donors (Lipinski definition) is 2. The molecule has 0 bridgehead atoms. The lowest BCUT2D eigenvalue weighted by Gasteiger charge is -2.36. The lowest BCUT2D eigenvalue weighted by molar-refractivity contribution is -0.125. The predicted octanol–water partition coefficient (Wildman–Crippen LogP) is 3.92. The van der Waals surface area contributed by atoms with Crippen molar-refractivity contribution < 1.29 is 23.8 Å². The Kier molecular flexibility index (Phi) is 5.61. The average molecular weight is 497 g/mol. The first-order valence-corrected chi connectivity index (χ1v) is 11.8. The number of ether oxygens (including phenoxy) is 3. The molecule has 1 atom stereocenters. The summed E-state index contributed by atoms with van der Waals surface area (Å²) in [5.41, 5.74) is 1.14. The number of nitrogens with one attached hydrogen (secondary N) is 2. The maximum Gasteiger partial charge on any atom is 0.322 e. The smallest absolute Gasteiger partial charge is 0.322 e. The topological polar surface area (TPSA) is 102 Å². The Morgan fingerprint density at radius 3 is 2.62 bits per heavy atom. The highest BCUT2D eigenvalue weighted by Crippen LogP contribution is 2.34. The molecule has 3 aromatic carbocycles. The number of fused-ring (bicyclic) bond motifs is 2. The summed E-state index contributed by atoms with van der Waals surface area (Å²) >= 11 is 0. The number of rotatable bonds is 6. The minimum Gasteiger partial charge on any atom is -0.497 e. The average Bonchev–Trinajstić information content (AvgIpc) is 3.21. The largest absolute Gasteiger partial charge is 0.497 e. The number of urea groups is 1. The third-order valence-electron chi connectivity index (χ3n) is 6.65. The Morgan fingerprint density at radius 2 is 1.84 bits per heavy atom. The first kappa shape index (κ1) is 22.8. The number of nitrogens with zero attached hydrogens (tertiary/aromatic N) is 2. The zero-order chi connectivity index (χ0) is 25.4. The monoisotopic (exact) mass is 496 g/mol. The Balaban J connectivity index is 1.27. The van der Waals surface area contributed by atoms with E-state index >= 15 is 0 Å². The molecule has 186 valence electrons. The van der Waals surface area contributed by atoms with Gasteiger partial charge in [0, 0.05) is 30.2 Å². The molecule has 1 unspecified atom stereocenters. The quantitative estimate of drug-likeness (QED) is 0.390. The van der Waals surface area contributed by atoms with Crippen LogP contribution in [0.2, 0.25) is 0 Å². The highest BCUT2D eigenvalue weighted by Gasteiger charge is 2.49. The standard InChI is InChI=1S/C28H24N4O5/c1-35-21-10-11-24-18(14-21)15-32(17-36-24)16-28(26(33)30-27(34)31-28)19-6-8-20(9-7-19)37-25-12-13-29-23-5-3-2-4-22(23)25/h2-14H,15-17H2,1H3,(H2,30,31,33,34). The van der Waals surface area contributed by atoms with Crippen LogP contribution in [0.4, 0.5) is 4.79 Å². The molecule has 0 radical (unpaired) electrons. The summed E-state index contributed by atoms with van der Waals surface area (Å²) < 4.78 is 17.4. The summed E-state index contributed by atoms with van der Waals surface area (Å²) in [4.78, 5) is 31.7. The van der Waals surface area contributed by atoms with E-state index in [0.29, 0.717) is 23.6 Å². The van der Waals surface area contributed by atoms with E-state index in [-0.39, 0.29) is 13.3 Å². The van der Waals surface area contributed by atoms with Gasteiger partial charge in [-0.3, -0.25) is 20.0 Å². The van der Waals surface area contributed by atoms with Gasteiger partial charge in [-0.15, -0.1) is 0 Å². The van der Waals surface area contributed by atoms with E-state index in [0.717, 1.165) is 28.0 Å². The van der Waals surface area contributed by atoms with E-state index in [9.17, 15) is 9.59 Å². The van der Waals surface area contributed by atoms with Crippen molar-refractivity contribution in [3.05, 3.63) is 90.1 Å². The minimum atomic E-state index is -1.28. The van der Waals surface area contributed by atoms with Gasteiger partial charge < -0.3 is 19.5 Å². The number of aromatic nitrogens is 1. The molecule has 9 heteroatoms. The van der Waals surface area contributed by atoms with E-state index in [2.05, 4.69) is 15.6 Å². The SMILES string of the molecule is COc1ccc2c(c1)CN(CC1(c3ccc(Oc4ccnc5ccccc45)cc3)NC(=O)NC1=O)CO2. The van der Waals surface area contributed by atoms with Gasteiger partial charge >= 0.3 is 6.03 Å². The predicted molar refractivity (Wildman–Crippen MR) is 136 cm³/mol. The van der Waals surface area contributed by atoms with Gasteiger partial charge in [-0.2, -0.15) is 0 Å². The number of hydrogen-bond acceptors (Lipinski definition) is 7. The van der Waals surface area contributed by atoms with Crippen LogP contribution in [-0.4, -0.2) is 42.2 Å². The number of carbonyl (C=O) groups is 2. The molecule has 0 saturated carbocycles. The summed E-state index contributed by atoms with van der Waals surface area (Å²) in [6.45, 7) is 1.03. The van der Waals surface area contributed by atoms with Crippen LogP contribution in [0.15, 0.2) is 79.0 Å². The van der Waals surface area contributed by atoms with Crippen LogP contribution in [-0.2, 0) is 16.9 Å². The molecular formula is C28H24N4O5. The van der Waals surface area contributed by atoms with Crippen LogP contribution in [0.25, 0.3) is 10.9 Å². The van der Waals surface area contributed by atoms with E-state index in [1.54, 1.807) is 37.6 Å². The van der Waals surface area contributed by atoms with Crippen LogP contribution in [0.1, 0.15) is 11.1 Å². The number of pyridine rings is 1. The van der Waals surface area contributed by atoms with E-state index in [4.69, 9.17) is 14.2 Å². The molecule has 2 aliphatic rings. The van der Waals surface area contributed by atoms with Crippen LogP contribution in [0, 0.1) is 0 Å². The van der Waals surface area contributed by atoms with Gasteiger partial charge in [-0.25, -0.2) is 4.79 Å². The number of benzene rings is 3. The third-order valence-corrected chi connectivity index (χ3v) is 6.65. The molecule has 4 aromatic rings. The van der Waals surface area contributed by atoms with Crippen molar-refractivity contribution in [3.63, 3.8) is 0 Å². The normalized spacial score (nSPS) is 19.1. The second-order valence-corrected chi connectivity index (χ2v) is 9.00. The molecule has 3 amide bonds. The maximum absolute atomic E-state index is 13.1. The Labute approximate surface area is 213 Å². The second-order valence-electron chi connectivity index (χ2n) is 9.00. The van der Waals surface area contributed by atoms with Crippen LogP contribution >= 0.6 is 0 Å². The van der Waals surface area contributed by atoms with Crippen molar-refractivity contribution in [1.82, 2.24) is 20.5 Å². The molecule has 9 nitrogen and oxygen atoms in total. The summed E-state index contributed by atoms with van der Waals surface area (Å²) in [6, 6.07) is 21.8. The van der Waals surface area contributed by atoms with Gasteiger partial charge in [0.05, 0.1) is 12.6 Å². The number of imide groups is 1. The van der Waals surface area contributed by atoms with Gasteiger partial charge in [0.15, 0.2) is 5.54 Å². The lowest BCUT2D eigenvalue weighted by Crippen LogP contribution is -2.53. The number of methoxy groups -OCH3 is 1. The molecule has 2 N–H and O–H groups in total. The van der Waals surface area contributed by atoms with Gasteiger partial charge in [-0.05, 0) is 54.1 Å². The molecule has 2 aliphatic heterocycles. The van der Waals surface area contributed by atoms with Gasteiger partial charge in [0.25, 0.3) is 5.91 Å². The Bertz CT molecular complexity index is 1500. The van der Waals surface area contributed by atoms with Crippen molar-refractivity contribution in [1.29, 1.82) is 0 Å². The third kappa shape index (κ3) is 4.19. The lowest BCUT2D eigenvalue weighted by atomic mass is 9.89. The van der Waals surface area contributed by atoms with Gasteiger partial charge in [0.2, 0.25) is 0 Å². The summed E-state index contributed by atoms with van der Waals surface area (Å²) in [5, 5.41) is 6.14. The molecule has 6 rings (SSSR count). The zero-order valence-electron chi connectivity index (χ0n) is 20.1. The van der Waals surface area contributed by atoms with Crippen molar-refractivity contribution in [2.45, 2.75) is 12.1 Å². The van der Waals surface area contributed by atoms with Crippen LogP contribution in [0.3, 0.4) is 0 Å². The van der Waals surface area contributed by atoms with Crippen molar-refractivity contribution >= 4 is 22.8 Å². The molecule has 0 spiro atoms. The first-order chi connectivity index (χ1) is 18.0. The molecule has 1 saturated heterocycles. The first-order valence-electron chi connectivity index (χ1n) is 11.8. The summed E-state index contributed by atoms with van der Waals surface area (Å²) in [7, 11) is 1.61. The highest BCUT2D eigenvalue weighted by molar-refractivity contribution is 6.07. The summed E-state index contributed by atoms with van der Waals surface area (Å²) in [5.74, 6) is 2.36. The molecule has 3 heterocycles. The van der Waals surface area contributed by atoms with Crippen LogP contribution in [0.5, 0.6) is 23.0 Å². The van der Waals surface area contributed by atoms with E-state index < -0.39 is 17.5 Å². The van der Waals surface area contributed by atoms with Gasteiger partial charge in [0.1, 0.15) is 29.7 Å². The highest BCUT2D eigenvalue weighted by atomic mass is 16.5. The van der Waals surface area contributed by atoms with Gasteiger partial charge in [-0.1, -0.05) is 24.3 Å². The minimum absolute atomic E-state index is 0.219. The fraction of sp³-hybridized carbons (Fsp3) is 0.179. The molecule has 0 aliphatic carbocycles. The van der Waals surface area contributed by atoms with Crippen molar-refractivity contribution in [2.24, 2.45) is 0 Å². The second kappa shape index (κ2) is 9.11. The Morgan fingerprint density at radius 1 is 1.03 bits per heavy atom. The zero-order valence-corrected chi connectivity index (χ0v) is 20.1. The van der Waals surface area contributed by atoms with Crippen molar-refractivity contribution in [3.8, 4) is 23.0 Å². The van der Waals surface area contributed by atoms with Crippen LogP contribution < -0.4 is 24.8 Å². The number of carbonyl (C=O) groups excluding carboxylic acids is 2. The number of para-hydroxylation sites is 1. The maximum atomic E-state index is 13.1. The Hall–Kier alpha value is -4.63. The molecule has 1 fully saturated rings. The molecular weight excluding hydrogens is 472 g/mol. The van der Waals surface area contributed by atoms with Crippen molar-refractivity contribution in [2.75, 3.05) is 20.4 Å². The fourth-order valence-corrected chi connectivity index (χ4v) is 4.82. The summed E-state index contributed by atoms with van der Waals surface area (Å²) in [6.07, 6.45) is 1.70.